The van der Waals surface area contributed by atoms with E-state index in [0.29, 0.717) is 79.2 Å². The summed E-state index contributed by atoms with van der Waals surface area (Å²) in [6.45, 7) is 11.1. The van der Waals surface area contributed by atoms with Crippen LogP contribution in [0.15, 0.2) is 126 Å². The highest BCUT2D eigenvalue weighted by Gasteiger charge is 2.21. The number of fused-ring (bicyclic) bond motifs is 2. The second-order valence-corrected chi connectivity index (χ2v) is 19.3. The van der Waals surface area contributed by atoms with Gasteiger partial charge in [-0.05, 0) is 105 Å². The molecular formula is C46H47N13O5S5. The predicted molar refractivity (Wildman–Crippen MR) is 280 cm³/mol. The van der Waals surface area contributed by atoms with Crippen LogP contribution in [0.1, 0.15) is 33.3 Å². The molecule has 5 aromatic carbocycles. The third-order valence-electron chi connectivity index (χ3n) is 10.8. The van der Waals surface area contributed by atoms with Crippen molar-refractivity contribution in [2.24, 2.45) is 20.5 Å². The molecule has 69 heavy (non-hydrogen) atoms. The van der Waals surface area contributed by atoms with E-state index in [2.05, 4.69) is 84.8 Å². The Morgan fingerprint density at radius 1 is 0.667 bits per heavy atom. The normalized spacial score (nSPS) is 11.8. The van der Waals surface area contributed by atoms with E-state index in [9.17, 15) is 13.0 Å². The Morgan fingerprint density at radius 2 is 1.17 bits per heavy atom. The first-order chi connectivity index (χ1) is 33.4. The summed E-state index contributed by atoms with van der Waals surface area (Å²) in [6.07, 6.45) is 0. The SMILES string of the molecule is CCN(CC)c1cc(Nc2nc(Nc3cc(N(CC)CC)c(OC)cc3/N=N/c3snc4cc(S(=O)(=O)O)ccc34)nc(SCc3ccccc3)n2)c(/N=N/c2snc3cc(S)ccc23)cc1OC. The first-order valence-electron chi connectivity index (χ1n) is 21.6. The number of hydrogen-bond acceptors (Lipinski definition) is 21. The summed E-state index contributed by atoms with van der Waals surface area (Å²) in [5, 5.41) is 28.5. The second-order valence-electron chi connectivity index (χ2n) is 14.9. The van der Waals surface area contributed by atoms with Crippen molar-refractivity contribution in [1.29, 1.82) is 0 Å². The van der Waals surface area contributed by atoms with E-state index in [1.807, 2.05) is 66.7 Å². The van der Waals surface area contributed by atoms with Gasteiger partial charge in [0.25, 0.3) is 10.1 Å². The Morgan fingerprint density at radius 3 is 1.67 bits per heavy atom. The average molecular weight is 1020 g/mol. The summed E-state index contributed by atoms with van der Waals surface area (Å²) >= 11 is 8.20. The highest BCUT2D eigenvalue weighted by atomic mass is 32.2. The lowest BCUT2D eigenvalue weighted by atomic mass is 10.2. The Balaban J connectivity index is 1.23. The zero-order valence-corrected chi connectivity index (χ0v) is 42.4. The van der Waals surface area contributed by atoms with Gasteiger partial charge < -0.3 is 29.9 Å². The maximum absolute atomic E-state index is 11.8. The number of aromatic nitrogens is 5. The molecule has 0 fully saturated rings. The number of methoxy groups -OCH3 is 2. The molecule has 3 N–H and O–H groups in total. The summed E-state index contributed by atoms with van der Waals surface area (Å²) in [7, 11) is -1.21. The number of anilines is 6. The average Bonchev–Trinajstić information content (AvgIpc) is 3.96. The van der Waals surface area contributed by atoms with Gasteiger partial charge in [-0.3, -0.25) is 4.55 Å². The van der Waals surface area contributed by atoms with Gasteiger partial charge >= 0.3 is 0 Å². The van der Waals surface area contributed by atoms with Crippen LogP contribution in [-0.4, -0.2) is 77.1 Å². The molecule has 0 amide bonds. The highest BCUT2D eigenvalue weighted by molar-refractivity contribution is 7.98. The molecule has 0 spiro atoms. The maximum Gasteiger partial charge on any atom is 0.294 e. The molecule has 0 aliphatic carbocycles. The molecule has 0 aliphatic rings. The smallest absolute Gasteiger partial charge is 0.294 e. The van der Waals surface area contributed by atoms with Gasteiger partial charge in [-0.25, -0.2) is 0 Å². The molecule has 356 valence electrons. The molecule has 18 nitrogen and oxygen atoms in total. The molecular weight excluding hydrogens is 975 g/mol. The first-order valence-corrected chi connectivity index (χ1v) is 26.0. The van der Waals surface area contributed by atoms with E-state index in [0.717, 1.165) is 57.4 Å². The third kappa shape index (κ3) is 11.4. The summed E-state index contributed by atoms with van der Waals surface area (Å²) in [5.41, 5.74) is 5.76. The van der Waals surface area contributed by atoms with Gasteiger partial charge in [-0.15, -0.1) is 33.1 Å². The standard InChI is InChI=1S/C46H47N13O5S5/c1-7-58(8-2)38-22-34(36(24-40(38)63-5)52-54-42-30-18-16-28(65)20-32(30)56-67-42)47-44-49-45(51-46(50-44)66-26-27-14-12-11-13-15-27)48-35-23-39(59(9-3)10-4)41(64-6)25-37(35)53-55-43-31-19-17-29(69(60,61)62)21-33(31)57-68-43/h11-25,65H,7-10,26H2,1-6H3,(H,60,61,62)(H2,47,48,49,50,51)/b54-52+,55-53+. The van der Waals surface area contributed by atoms with Crippen molar-refractivity contribution < 1.29 is 22.4 Å². The number of nitrogens with zero attached hydrogens (tertiary/aromatic N) is 11. The molecule has 0 aliphatic heterocycles. The minimum Gasteiger partial charge on any atom is -0.494 e. The topological polar surface area (TPSA) is 217 Å². The zero-order chi connectivity index (χ0) is 48.7. The van der Waals surface area contributed by atoms with E-state index >= 15 is 0 Å². The predicted octanol–water partition coefficient (Wildman–Crippen LogP) is 12.9. The van der Waals surface area contributed by atoms with Crippen LogP contribution in [0.4, 0.5) is 56.0 Å². The fourth-order valence-corrected chi connectivity index (χ4v) is 10.1. The molecule has 3 aromatic heterocycles. The molecule has 0 saturated heterocycles. The Bertz CT molecular complexity index is 3290. The van der Waals surface area contributed by atoms with Crippen molar-refractivity contribution in [3.63, 3.8) is 0 Å². The molecule has 8 aromatic rings. The van der Waals surface area contributed by atoms with Crippen LogP contribution >= 0.6 is 47.5 Å². The quantitative estimate of drug-likeness (QED) is 0.0242. The Hall–Kier alpha value is -6.50. The number of nitrogens with one attached hydrogen (secondary N) is 2. The van der Waals surface area contributed by atoms with E-state index in [-0.39, 0.29) is 16.8 Å². The molecule has 0 saturated carbocycles. The molecule has 0 radical (unpaired) electrons. The van der Waals surface area contributed by atoms with E-state index < -0.39 is 10.1 Å². The van der Waals surface area contributed by atoms with Gasteiger partial charge in [0.05, 0.1) is 52.9 Å². The monoisotopic (exact) mass is 1020 g/mol. The summed E-state index contributed by atoms with van der Waals surface area (Å²) in [4.78, 5) is 19.6. The zero-order valence-electron chi connectivity index (χ0n) is 38.3. The van der Waals surface area contributed by atoms with Crippen molar-refractivity contribution in [3.05, 3.63) is 96.6 Å². The van der Waals surface area contributed by atoms with Crippen LogP contribution in [0.25, 0.3) is 21.8 Å². The first kappa shape index (κ1) is 48.9. The van der Waals surface area contributed by atoms with E-state index in [1.165, 1.54) is 41.5 Å². The van der Waals surface area contributed by atoms with Crippen molar-refractivity contribution >= 4 is 135 Å². The molecule has 8 rings (SSSR count). The van der Waals surface area contributed by atoms with Crippen molar-refractivity contribution in [2.45, 2.75) is 48.4 Å². The summed E-state index contributed by atoms with van der Waals surface area (Å²) < 4.78 is 54.0. The van der Waals surface area contributed by atoms with Crippen molar-refractivity contribution in [3.8, 4) is 11.5 Å². The van der Waals surface area contributed by atoms with Crippen LogP contribution < -0.4 is 29.9 Å². The summed E-state index contributed by atoms with van der Waals surface area (Å²) in [5.74, 6) is 2.18. The van der Waals surface area contributed by atoms with Gasteiger partial charge in [-0.2, -0.15) is 32.1 Å². The van der Waals surface area contributed by atoms with Gasteiger partial charge in [-0.1, -0.05) is 42.1 Å². The Labute approximate surface area is 416 Å². The largest absolute Gasteiger partial charge is 0.494 e. The highest BCUT2D eigenvalue weighted by Crippen LogP contribution is 2.44. The number of thiol groups is 1. The number of rotatable bonds is 20. The maximum atomic E-state index is 11.8. The number of thioether (sulfide) groups is 1. The molecule has 0 unspecified atom stereocenters. The van der Waals surface area contributed by atoms with Crippen LogP contribution in [0.2, 0.25) is 0 Å². The lowest BCUT2D eigenvalue weighted by molar-refractivity contribution is 0.414. The second kappa shape index (κ2) is 21.9. The molecule has 0 atom stereocenters. The minimum atomic E-state index is -4.43. The number of ether oxygens (including phenoxy) is 2. The summed E-state index contributed by atoms with van der Waals surface area (Å²) in [6, 6.07) is 27.3. The van der Waals surface area contributed by atoms with E-state index in [1.54, 1.807) is 20.3 Å². The van der Waals surface area contributed by atoms with E-state index in [4.69, 9.17) is 29.5 Å². The number of benzene rings is 5. The van der Waals surface area contributed by atoms with Gasteiger partial charge in [0.1, 0.15) is 22.9 Å². The lowest BCUT2D eigenvalue weighted by Gasteiger charge is -2.25. The van der Waals surface area contributed by atoms with Crippen LogP contribution in [0.5, 0.6) is 11.5 Å². The Kier molecular flexibility index (Phi) is 15.5. The van der Waals surface area contributed by atoms with Crippen molar-refractivity contribution in [1.82, 2.24) is 23.7 Å². The minimum absolute atomic E-state index is 0.205. The van der Waals surface area contributed by atoms with Crippen LogP contribution in [0, 0.1) is 0 Å². The fourth-order valence-electron chi connectivity index (χ4n) is 7.26. The molecule has 3 heterocycles. The molecule has 0 bridgehead atoms. The number of azo groups is 2. The van der Waals surface area contributed by atoms with Gasteiger partial charge in [0.15, 0.2) is 15.2 Å². The van der Waals surface area contributed by atoms with Crippen LogP contribution in [0.3, 0.4) is 0 Å². The lowest BCUT2D eigenvalue weighted by Crippen LogP contribution is -2.22. The third-order valence-corrected chi connectivity index (χ3v) is 14.4. The van der Waals surface area contributed by atoms with Crippen molar-refractivity contribution in [2.75, 3.05) is 60.8 Å². The molecule has 23 heteroatoms. The van der Waals surface area contributed by atoms with Gasteiger partial charge in [0.2, 0.25) is 11.9 Å². The van der Waals surface area contributed by atoms with Crippen LogP contribution in [-0.2, 0) is 15.9 Å². The van der Waals surface area contributed by atoms with Gasteiger partial charge in [0, 0.05) is 59.7 Å². The fraction of sp³-hybridized carbons (Fsp3) is 0.239. The number of hydrogen-bond donors (Lipinski definition) is 4.